The molecule has 1 aromatic heterocycles. The van der Waals surface area contributed by atoms with Crippen LogP contribution in [0.5, 0.6) is 0 Å². The summed E-state index contributed by atoms with van der Waals surface area (Å²) in [5.74, 6) is 0.593. The van der Waals surface area contributed by atoms with Crippen molar-refractivity contribution in [3.05, 3.63) is 89.6 Å². The molecule has 1 aliphatic heterocycles. The van der Waals surface area contributed by atoms with Gasteiger partial charge in [0.05, 0.1) is 0 Å². The quantitative estimate of drug-likeness (QED) is 0.438. The van der Waals surface area contributed by atoms with E-state index in [0.29, 0.717) is 12.5 Å². The predicted molar refractivity (Wildman–Crippen MR) is 139 cm³/mol. The van der Waals surface area contributed by atoms with E-state index < -0.39 is 0 Å². The summed E-state index contributed by atoms with van der Waals surface area (Å²) in [5, 5.41) is 1.18. The summed E-state index contributed by atoms with van der Waals surface area (Å²) >= 11 is 0. The summed E-state index contributed by atoms with van der Waals surface area (Å²) in [4.78, 5) is 18.1. The van der Waals surface area contributed by atoms with E-state index in [1.165, 1.54) is 16.5 Å². The summed E-state index contributed by atoms with van der Waals surface area (Å²) in [6.07, 6.45) is 6.26. The first-order valence-electron chi connectivity index (χ1n) is 12.0. The minimum absolute atomic E-state index is 0.135. The number of piperazine rings is 1. The second-order valence-electron chi connectivity index (χ2n) is 9.21. The molecule has 172 valence electrons. The fraction of sp³-hybridized carbons (Fsp3) is 0.345. The minimum Gasteiger partial charge on any atom is -0.335 e. The van der Waals surface area contributed by atoms with Gasteiger partial charge < -0.3 is 9.47 Å². The molecule has 0 unspecified atom stereocenters. The van der Waals surface area contributed by atoms with E-state index in [-0.39, 0.29) is 5.91 Å². The Hall–Kier alpha value is -3.11. The second-order valence-corrected chi connectivity index (χ2v) is 9.21. The Kier molecular flexibility index (Phi) is 7.14. The van der Waals surface area contributed by atoms with Crippen molar-refractivity contribution < 1.29 is 4.79 Å². The zero-order valence-electron chi connectivity index (χ0n) is 20.1. The smallest absolute Gasteiger partial charge is 0.270 e. The lowest BCUT2D eigenvalue weighted by molar-refractivity contribution is 0.0640. The standard InChI is InChI=1S/C29H35N3O/c1-5-15-32-27-14-13-25(22(2)3)21-26(27)23(4)28(32)29(33)31-19-17-30(18-20-31)16-9-12-24-10-7-6-8-11-24/h5-14,21-22H,1,15-20H2,2-4H3/b12-9+. The van der Waals surface area contributed by atoms with Crippen LogP contribution in [-0.4, -0.2) is 53.0 Å². The Balaban J connectivity index is 1.48. The molecule has 1 amide bonds. The SMILES string of the molecule is C=CCn1c(C(=O)N2CCN(C/C=C/c3ccccc3)CC2)c(C)c2cc(C(C)C)ccc21. The van der Waals surface area contributed by atoms with Crippen LogP contribution in [-0.2, 0) is 6.54 Å². The van der Waals surface area contributed by atoms with E-state index in [1.807, 2.05) is 17.0 Å². The second kappa shape index (κ2) is 10.2. The molecule has 0 bridgehead atoms. The highest BCUT2D eigenvalue weighted by Crippen LogP contribution is 2.30. The van der Waals surface area contributed by atoms with Crippen LogP contribution in [0.25, 0.3) is 17.0 Å². The largest absolute Gasteiger partial charge is 0.335 e. The number of aromatic nitrogens is 1. The topological polar surface area (TPSA) is 28.5 Å². The number of hydrogen-bond donors (Lipinski definition) is 0. The van der Waals surface area contributed by atoms with Crippen molar-refractivity contribution in [3.8, 4) is 0 Å². The summed E-state index contributed by atoms with van der Waals surface area (Å²) in [7, 11) is 0. The lowest BCUT2D eigenvalue weighted by atomic mass is 10.0. The summed E-state index contributed by atoms with van der Waals surface area (Å²) in [6.45, 7) is 15.3. The van der Waals surface area contributed by atoms with Crippen molar-refractivity contribution in [2.75, 3.05) is 32.7 Å². The fourth-order valence-corrected chi connectivity index (χ4v) is 4.68. The maximum atomic E-state index is 13.6. The Morgan fingerprint density at radius 2 is 1.76 bits per heavy atom. The summed E-state index contributed by atoms with van der Waals surface area (Å²) in [6, 6.07) is 17.0. The Morgan fingerprint density at radius 1 is 1.03 bits per heavy atom. The Bertz CT molecular complexity index is 1150. The van der Waals surface area contributed by atoms with Crippen LogP contribution in [0.2, 0.25) is 0 Å². The van der Waals surface area contributed by atoms with Gasteiger partial charge in [-0.15, -0.1) is 6.58 Å². The van der Waals surface area contributed by atoms with Gasteiger partial charge in [-0.25, -0.2) is 0 Å². The first kappa shape index (κ1) is 23.1. The molecule has 0 aliphatic carbocycles. The van der Waals surface area contributed by atoms with Gasteiger partial charge >= 0.3 is 0 Å². The Labute approximate surface area is 197 Å². The molecular weight excluding hydrogens is 406 g/mol. The molecule has 4 nitrogen and oxygen atoms in total. The molecule has 2 aromatic carbocycles. The van der Waals surface area contributed by atoms with Crippen LogP contribution in [0.3, 0.4) is 0 Å². The number of benzene rings is 2. The maximum Gasteiger partial charge on any atom is 0.270 e. The number of fused-ring (bicyclic) bond motifs is 1. The third kappa shape index (κ3) is 4.96. The Morgan fingerprint density at radius 3 is 2.42 bits per heavy atom. The van der Waals surface area contributed by atoms with Crippen molar-refractivity contribution in [1.29, 1.82) is 0 Å². The zero-order valence-corrected chi connectivity index (χ0v) is 20.1. The van der Waals surface area contributed by atoms with Gasteiger partial charge in [0.25, 0.3) is 5.91 Å². The number of aryl methyl sites for hydroxylation is 1. The zero-order chi connectivity index (χ0) is 23.4. The third-order valence-corrected chi connectivity index (χ3v) is 6.65. The van der Waals surface area contributed by atoms with Crippen LogP contribution in [0.4, 0.5) is 0 Å². The van der Waals surface area contributed by atoms with Crippen molar-refractivity contribution in [2.24, 2.45) is 0 Å². The van der Waals surface area contributed by atoms with E-state index in [2.05, 4.69) is 91.4 Å². The number of carbonyl (C=O) groups excluding carboxylic acids is 1. The molecule has 1 fully saturated rings. The van der Waals surface area contributed by atoms with E-state index in [4.69, 9.17) is 0 Å². The third-order valence-electron chi connectivity index (χ3n) is 6.65. The molecular formula is C29H35N3O. The van der Waals surface area contributed by atoms with Crippen LogP contribution >= 0.6 is 0 Å². The molecule has 0 atom stereocenters. The average Bonchev–Trinajstić information content (AvgIpc) is 3.11. The highest BCUT2D eigenvalue weighted by atomic mass is 16.2. The van der Waals surface area contributed by atoms with Crippen LogP contribution < -0.4 is 0 Å². The number of nitrogens with zero attached hydrogens (tertiary/aromatic N) is 3. The van der Waals surface area contributed by atoms with Crippen molar-refractivity contribution in [2.45, 2.75) is 33.2 Å². The normalized spacial score (nSPS) is 15.1. The fourth-order valence-electron chi connectivity index (χ4n) is 4.68. The van der Waals surface area contributed by atoms with E-state index >= 15 is 0 Å². The van der Waals surface area contributed by atoms with Gasteiger partial charge in [0.1, 0.15) is 5.69 Å². The molecule has 2 heterocycles. The lowest BCUT2D eigenvalue weighted by Crippen LogP contribution is -2.49. The molecule has 1 saturated heterocycles. The monoisotopic (exact) mass is 441 g/mol. The summed E-state index contributed by atoms with van der Waals surface area (Å²) < 4.78 is 2.14. The first-order chi connectivity index (χ1) is 16.0. The average molecular weight is 442 g/mol. The molecule has 4 heteroatoms. The molecule has 33 heavy (non-hydrogen) atoms. The number of allylic oxidation sites excluding steroid dienone is 1. The number of amides is 1. The maximum absolute atomic E-state index is 13.6. The van der Waals surface area contributed by atoms with Gasteiger partial charge in [0.2, 0.25) is 0 Å². The molecule has 3 aromatic rings. The molecule has 0 radical (unpaired) electrons. The van der Waals surface area contributed by atoms with Crippen molar-refractivity contribution in [1.82, 2.24) is 14.4 Å². The highest BCUT2D eigenvalue weighted by Gasteiger charge is 2.27. The van der Waals surface area contributed by atoms with Gasteiger partial charge in [0, 0.05) is 50.2 Å². The van der Waals surface area contributed by atoms with Gasteiger partial charge in [-0.2, -0.15) is 0 Å². The van der Waals surface area contributed by atoms with Gasteiger partial charge in [0.15, 0.2) is 0 Å². The highest BCUT2D eigenvalue weighted by molar-refractivity contribution is 6.02. The van der Waals surface area contributed by atoms with Crippen LogP contribution in [0, 0.1) is 6.92 Å². The number of hydrogen-bond acceptors (Lipinski definition) is 2. The molecule has 0 N–H and O–H groups in total. The van der Waals surface area contributed by atoms with Crippen LogP contribution in [0.15, 0.2) is 67.3 Å². The van der Waals surface area contributed by atoms with E-state index in [1.54, 1.807) is 0 Å². The predicted octanol–water partition coefficient (Wildman–Crippen LogP) is 5.73. The summed E-state index contributed by atoms with van der Waals surface area (Å²) in [5.41, 5.74) is 5.52. The van der Waals surface area contributed by atoms with E-state index in [0.717, 1.165) is 49.5 Å². The number of rotatable bonds is 7. The van der Waals surface area contributed by atoms with Crippen molar-refractivity contribution >= 4 is 22.9 Å². The molecule has 4 rings (SSSR count). The van der Waals surface area contributed by atoms with Gasteiger partial charge in [-0.3, -0.25) is 9.69 Å². The molecule has 1 aliphatic rings. The molecule has 0 saturated carbocycles. The van der Waals surface area contributed by atoms with Gasteiger partial charge in [-0.05, 0) is 41.7 Å². The van der Waals surface area contributed by atoms with Crippen molar-refractivity contribution in [3.63, 3.8) is 0 Å². The number of carbonyl (C=O) groups is 1. The van der Waals surface area contributed by atoms with Crippen LogP contribution in [0.1, 0.15) is 46.9 Å². The molecule has 0 spiro atoms. The van der Waals surface area contributed by atoms with E-state index in [9.17, 15) is 4.79 Å². The minimum atomic E-state index is 0.135. The lowest BCUT2D eigenvalue weighted by Gasteiger charge is -2.34. The van der Waals surface area contributed by atoms with Gasteiger partial charge in [-0.1, -0.05) is 68.5 Å². The first-order valence-corrected chi connectivity index (χ1v) is 12.0.